The van der Waals surface area contributed by atoms with Crippen LogP contribution < -0.4 is 9.47 Å². The summed E-state index contributed by atoms with van der Waals surface area (Å²) in [5, 5.41) is 9.96. The zero-order valence-electron chi connectivity index (χ0n) is 16.9. The fourth-order valence-corrected chi connectivity index (χ4v) is 3.10. The molecule has 0 aliphatic carbocycles. The van der Waals surface area contributed by atoms with Crippen LogP contribution in [0.2, 0.25) is 0 Å². The molecule has 0 radical (unpaired) electrons. The number of aliphatic hydroxyl groups is 1. The molecular weight excluding hydrogens is 435 g/mol. The van der Waals surface area contributed by atoms with Crippen molar-refractivity contribution in [3.63, 3.8) is 0 Å². The van der Waals surface area contributed by atoms with Gasteiger partial charge in [-0.25, -0.2) is 13.2 Å². The average Bonchev–Trinajstić information content (AvgIpc) is 2.78. The van der Waals surface area contributed by atoms with Gasteiger partial charge < -0.3 is 19.4 Å². The second-order valence-electron chi connectivity index (χ2n) is 6.95. The van der Waals surface area contributed by atoms with E-state index in [-0.39, 0.29) is 29.8 Å². The summed E-state index contributed by atoms with van der Waals surface area (Å²) in [5.41, 5.74) is 1.96. The number of carbonyl (C=O) groups is 1. The summed E-state index contributed by atoms with van der Waals surface area (Å²) in [4.78, 5) is 11.1. The lowest BCUT2D eigenvalue weighted by Gasteiger charge is -2.17. The zero-order chi connectivity index (χ0) is 23.6. The molecule has 9 heteroatoms. The lowest BCUT2D eigenvalue weighted by molar-refractivity contribution is -0.115. The van der Waals surface area contributed by atoms with E-state index in [1.807, 2.05) is 32.0 Å². The Morgan fingerprint density at radius 1 is 0.875 bits per heavy atom. The first-order valence-electron chi connectivity index (χ1n) is 9.30. The van der Waals surface area contributed by atoms with Gasteiger partial charge in [-0.05, 0) is 48.2 Å². The summed E-state index contributed by atoms with van der Waals surface area (Å²) in [7, 11) is 0. The maximum atomic E-state index is 14.0. The highest BCUT2D eigenvalue weighted by atomic mass is 19.2. The van der Waals surface area contributed by atoms with Gasteiger partial charge in [0.2, 0.25) is 34.8 Å². The molecule has 3 aromatic rings. The van der Waals surface area contributed by atoms with Crippen LogP contribution in [0.4, 0.5) is 22.0 Å². The van der Waals surface area contributed by atoms with E-state index in [0.29, 0.717) is 5.75 Å². The van der Waals surface area contributed by atoms with Gasteiger partial charge in [0.05, 0.1) is 0 Å². The average molecular weight is 452 g/mol. The van der Waals surface area contributed by atoms with Crippen LogP contribution in [0.15, 0.2) is 36.4 Å². The smallest absolute Gasteiger partial charge is 0.207 e. The van der Waals surface area contributed by atoms with E-state index in [2.05, 4.69) is 0 Å². The molecule has 168 valence electrons. The first-order valence-corrected chi connectivity index (χ1v) is 9.30. The van der Waals surface area contributed by atoms with E-state index in [4.69, 9.17) is 9.47 Å². The molecule has 32 heavy (non-hydrogen) atoms. The molecule has 0 heterocycles. The second kappa shape index (κ2) is 9.35. The van der Waals surface area contributed by atoms with E-state index < -0.39 is 40.9 Å². The van der Waals surface area contributed by atoms with Gasteiger partial charge in [-0.3, -0.25) is 0 Å². The van der Waals surface area contributed by atoms with Crippen molar-refractivity contribution >= 4 is 6.29 Å². The Hall–Kier alpha value is -3.46. The predicted molar refractivity (Wildman–Crippen MR) is 104 cm³/mol. The Morgan fingerprint density at radius 3 is 2.00 bits per heavy atom. The van der Waals surface area contributed by atoms with Gasteiger partial charge in [0.1, 0.15) is 24.2 Å². The first-order chi connectivity index (χ1) is 15.1. The highest BCUT2D eigenvalue weighted by molar-refractivity contribution is 5.61. The standard InChI is InChI=1S/C23H17F5O4/c1-11-4-3-5-12(2)22(11)31-10-13-8-14(6-7-15(13)16(30)9-29)32-23-20(27)18(25)17(24)19(26)21(23)28/h3-9,16,30H,10H2,1-2H3. The van der Waals surface area contributed by atoms with E-state index >= 15 is 0 Å². The van der Waals surface area contributed by atoms with Crippen LogP contribution in [0.25, 0.3) is 0 Å². The molecule has 0 aliphatic heterocycles. The van der Waals surface area contributed by atoms with Crippen molar-refractivity contribution in [3.05, 3.63) is 87.7 Å². The van der Waals surface area contributed by atoms with Crippen molar-refractivity contribution in [2.75, 3.05) is 0 Å². The highest BCUT2D eigenvalue weighted by Gasteiger charge is 2.27. The van der Waals surface area contributed by atoms with Crippen LogP contribution in [0.1, 0.15) is 28.4 Å². The summed E-state index contributed by atoms with van der Waals surface area (Å²) in [5.74, 6) is -12.1. The van der Waals surface area contributed by atoms with Crippen molar-refractivity contribution in [2.45, 2.75) is 26.6 Å². The number of hydrogen-bond acceptors (Lipinski definition) is 4. The van der Waals surface area contributed by atoms with Crippen molar-refractivity contribution in [3.8, 4) is 17.2 Å². The van der Waals surface area contributed by atoms with Gasteiger partial charge in [0, 0.05) is 0 Å². The summed E-state index contributed by atoms with van der Waals surface area (Å²) in [6.07, 6.45) is -1.27. The number of aryl methyl sites for hydroxylation is 2. The molecule has 0 fully saturated rings. The lowest BCUT2D eigenvalue weighted by Crippen LogP contribution is -2.08. The molecular formula is C23H17F5O4. The third-order valence-electron chi connectivity index (χ3n) is 4.73. The topological polar surface area (TPSA) is 55.8 Å². The van der Waals surface area contributed by atoms with E-state index in [0.717, 1.165) is 17.2 Å². The van der Waals surface area contributed by atoms with Crippen LogP contribution in [0.5, 0.6) is 17.2 Å². The molecule has 0 amide bonds. The molecule has 0 aromatic heterocycles. The number of para-hydroxylation sites is 1. The summed E-state index contributed by atoms with van der Waals surface area (Å²) in [6.45, 7) is 3.44. The number of hydrogen-bond donors (Lipinski definition) is 1. The minimum Gasteiger partial charge on any atom is -0.488 e. The molecule has 0 aliphatic rings. The fraction of sp³-hybridized carbons (Fsp3) is 0.174. The van der Waals surface area contributed by atoms with Crippen LogP contribution >= 0.6 is 0 Å². The number of aliphatic hydroxyl groups excluding tert-OH is 1. The number of aldehydes is 1. The quantitative estimate of drug-likeness (QED) is 0.219. The minimum absolute atomic E-state index is 0.121. The zero-order valence-corrected chi connectivity index (χ0v) is 16.9. The third-order valence-corrected chi connectivity index (χ3v) is 4.73. The fourth-order valence-electron chi connectivity index (χ4n) is 3.10. The number of ether oxygens (including phenoxy) is 2. The van der Waals surface area contributed by atoms with Crippen molar-refractivity contribution in [1.82, 2.24) is 0 Å². The molecule has 1 N–H and O–H groups in total. The SMILES string of the molecule is Cc1cccc(C)c1OCc1cc(Oc2c(F)c(F)c(F)c(F)c2F)ccc1C(O)C=O. The summed E-state index contributed by atoms with van der Waals surface area (Å²) < 4.78 is 78.8. The number of benzene rings is 3. The molecule has 0 saturated heterocycles. The van der Waals surface area contributed by atoms with Crippen molar-refractivity contribution < 1.29 is 41.3 Å². The maximum Gasteiger partial charge on any atom is 0.207 e. The van der Waals surface area contributed by atoms with Gasteiger partial charge in [-0.2, -0.15) is 8.78 Å². The molecule has 0 saturated carbocycles. The third kappa shape index (κ3) is 4.43. The Labute approximate surface area is 179 Å². The van der Waals surface area contributed by atoms with Crippen molar-refractivity contribution in [2.24, 2.45) is 0 Å². The van der Waals surface area contributed by atoms with E-state index in [9.17, 15) is 31.9 Å². The van der Waals surface area contributed by atoms with Crippen LogP contribution in [0.3, 0.4) is 0 Å². The minimum atomic E-state index is -2.31. The molecule has 4 nitrogen and oxygen atoms in total. The Kier molecular flexibility index (Phi) is 6.78. The predicted octanol–water partition coefficient (Wildman–Crippen LogP) is 5.60. The Bertz CT molecular complexity index is 1130. The van der Waals surface area contributed by atoms with Gasteiger partial charge in [0.15, 0.2) is 6.29 Å². The molecule has 1 atom stereocenters. The van der Waals surface area contributed by atoms with Gasteiger partial charge in [-0.15, -0.1) is 0 Å². The first kappa shape index (κ1) is 23.2. The summed E-state index contributed by atoms with van der Waals surface area (Å²) in [6, 6.07) is 8.97. The van der Waals surface area contributed by atoms with Gasteiger partial charge in [-0.1, -0.05) is 24.3 Å². The van der Waals surface area contributed by atoms with Crippen LogP contribution in [0, 0.1) is 42.9 Å². The van der Waals surface area contributed by atoms with Gasteiger partial charge >= 0.3 is 0 Å². The van der Waals surface area contributed by atoms with E-state index in [1.54, 1.807) is 0 Å². The maximum absolute atomic E-state index is 14.0. The molecule has 0 spiro atoms. The molecule has 1 unspecified atom stereocenters. The largest absolute Gasteiger partial charge is 0.488 e. The summed E-state index contributed by atoms with van der Waals surface area (Å²) >= 11 is 0. The van der Waals surface area contributed by atoms with Gasteiger partial charge in [0.25, 0.3) is 0 Å². The number of rotatable bonds is 7. The van der Waals surface area contributed by atoms with E-state index in [1.165, 1.54) is 12.1 Å². The molecule has 0 bridgehead atoms. The van der Waals surface area contributed by atoms with Crippen LogP contribution in [-0.2, 0) is 11.4 Å². The van der Waals surface area contributed by atoms with Crippen molar-refractivity contribution in [1.29, 1.82) is 0 Å². The Morgan fingerprint density at radius 2 is 1.44 bits per heavy atom. The highest BCUT2D eigenvalue weighted by Crippen LogP contribution is 2.34. The number of halogens is 5. The Balaban J connectivity index is 1.99. The monoisotopic (exact) mass is 452 g/mol. The normalized spacial score (nSPS) is 11.9. The van der Waals surface area contributed by atoms with Crippen LogP contribution in [-0.4, -0.2) is 11.4 Å². The molecule has 3 rings (SSSR count). The molecule has 3 aromatic carbocycles. The lowest BCUT2D eigenvalue weighted by atomic mass is 10.0. The second-order valence-corrected chi connectivity index (χ2v) is 6.95. The number of carbonyl (C=O) groups excluding carboxylic acids is 1.